The summed E-state index contributed by atoms with van der Waals surface area (Å²) >= 11 is 6.93. The number of aromatic nitrogens is 1. The highest BCUT2D eigenvalue weighted by molar-refractivity contribution is 8.13. The second kappa shape index (κ2) is 6.64. The van der Waals surface area contributed by atoms with Crippen LogP contribution in [-0.4, -0.2) is 47.0 Å². The Hall–Kier alpha value is -1.31. The van der Waals surface area contributed by atoms with E-state index in [1.54, 1.807) is 6.07 Å². The molecule has 0 saturated carbocycles. The van der Waals surface area contributed by atoms with Gasteiger partial charge in [0.1, 0.15) is 5.82 Å². The topological polar surface area (TPSA) is 79.7 Å². The van der Waals surface area contributed by atoms with E-state index < -0.39 is 5.97 Å². The molecule has 0 spiro atoms. The normalized spacial score (nSPS) is 18.6. The number of carbonyl (C=O) groups excluding carboxylic acids is 1. The van der Waals surface area contributed by atoms with Gasteiger partial charge in [-0.1, -0.05) is 11.6 Å². The number of thioether (sulfide) groups is 1. The molecule has 2 heterocycles. The molecule has 0 radical (unpaired) electrons. The summed E-state index contributed by atoms with van der Waals surface area (Å²) < 4.78 is 5.35. The lowest BCUT2D eigenvalue weighted by Crippen LogP contribution is -2.44. The van der Waals surface area contributed by atoms with Gasteiger partial charge in [-0.2, -0.15) is 0 Å². The van der Waals surface area contributed by atoms with Gasteiger partial charge in [0.05, 0.1) is 29.2 Å². The Balaban J connectivity index is 2.45. The van der Waals surface area contributed by atoms with Gasteiger partial charge < -0.3 is 14.7 Å². The van der Waals surface area contributed by atoms with E-state index in [1.807, 2.05) is 11.8 Å². The first-order chi connectivity index (χ1) is 9.90. The van der Waals surface area contributed by atoms with Gasteiger partial charge in [0.25, 0.3) is 0 Å². The number of halogens is 1. The Kier molecular flexibility index (Phi) is 5.08. The zero-order valence-corrected chi connectivity index (χ0v) is 13.2. The average molecular weight is 331 g/mol. The summed E-state index contributed by atoms with van der Waals surface area (Å²) in [4.78, 5) is 28.9. The minimum Gasteiger partial charge on any atom is -0.476 e. The van der Waals surface area contributed by atoms with Crippen LogP contribution in [0.15, 0.2) is 11.0 Å². The van der Waals surface area contributed by atoms with E-state index in [0.717, 1.165) is 11.8 Å². The van der Waals surface area contributed by atoms with Crippen LogP contribution in [0, 0.1) is 0 Å². The Morgan fingerprint density at radius 1 is 1.57 bits per heavy atom. The van der Waals surface area contributed by atoms with Crippen LogP contribution in [0.5, 0.6) is 0 Å². The Labute approximate surface area is 131 Å². The van der Waals surface area contributed by atoms with Crippen molar-refractivity contribution in [2.45, 2.75) is 24.8 Å². The fraction of sp³-hybridized carbons (Fsp3) is 0.462. The van der Waals surface area contributed by atoms with Gasteiger partial charge in [0, 0.05) is 19.5 Å². The maximum Gasteiger partial charge on any atom is 0.355 e. The minimum atomic E-state index is -1.21. The third-order valence-electron chi connectivity index (χ3n) is 3.02. The van der Waals surface area contributed by atoms with E-state index in [9.17, 15) is 14.7 Å². The zero-order chi connectivity index (χ0) is 15.6. The third kappa shape index (κ3) is 3.66. The van der Waals surface area contributed by atoms with Crippen molar-refractivity contribution in [1.29, 1.82) is 0 Å². The molecule has 1 aliphatic rings. The summed E-state index contributed by atoms with van der Waals surface area (Å²) in [6, 6.07) is 1.68. The van der Waals surface area contributed by atoms with Gasteiger partial charge in [0.2, 0.25) is 0 Å². The summed E-state index contributed by atoms with van der Waals surface area (Å²) in [6.45, 7) is 5.03. The van der Waals surface area contributed by atoms with Gasteiger partial charge >= 0.3 is 5.97 Å². The molecule has 1 fully saturated rings. The molecule has 114 valence electrons. The second-order valence-corrected chi connectivity index (χ2v) is 6.25. The van der Waals surface area contributed by atoms with Crippen molar-refractivity contribution in [3.8, 4) is 0 Å². The molecule has 0 aromatic carbocycles. The summed E-state index contributed by atoms with van der Waals surface area (Å²) in [5, 5.41) is 9.28. The summed E-state index contributed by atoms with van der Waals surface area (Å²) in [5.41, 5.74) is -0.198. The van der Waals surface area contributed by atoms with Crippen molar-refractivity contribution in [3.05, 3.63) is 16.8 Å². The molecule has 0 bridgehead atoms. The summed E-state index contributed by atoms with van der Waals surface area (Å²) in [5.74, 6) is -0.718. The summed E-state index contributed by atoms with van der Waals surface area (Å²) in [7, 11) is 0. The first kappa shape index (κ1) is 16.1. The van der Waals surface area contributed by atoms with E-state index in [4.69, 9.17) is 16.3 Å². The van der Waals surface area contributed by atoms with E-state index in [1.165, 1.54) is 6.92 Å². The molecule has 21 heavy (non-hydrogen) atoms. The molecule has 1 atom stereocenters. The lowest BCUT2D eigenvalue weighted by Gasteiger charge is -2.34. The van der Waals surface area contributed by atoms with Crippen LogP contribution in [0.3, 0.4) is 0 Å². The third-order valence-corrected chi connectivity index (χ3v) is 4.34. The smallest absolute Gasteiger partial charge is 0.355 e. The number of carbonyl (C=O) groups is 2. The first-order valence-corrected chi connectivity index (χ1v) is 7.56. The van der Waals surface area contributed by atoms with Gasteiger partial charge in [-0.3, -0.25) is 4.79 Å². The molecule has 1 saturated heterocycles. The number of hydrogen-bond donors (Lipinski definition) is 1. The largest absolute Gasteiger partial charge is 0.476 e. The standard InChI is InChI=1S/C13H15ClN2O4S/c1-7-6-20-4-3-16(7)10-5-9(14)12(21-8(2)17)11(15-10)13(18)19/h5,7H,3-4,6H2,1-2H3,(H,18,19)/t7-/m1/s1. The molecule has 0 unspecified atom stereocenters. The van der Waals surface area contributed by atoms with Gasteiger partial charge in [-0.25, -0.2) is 9.78 Å². The molecule has 1 aromatic heterocycles. The highest BCUT2D eigenvalue weighted by Crippen LogP contribution is 2.34. The predicted octanol–water partition coefficient (Wildman–Crippen LogP) is 2.30. The maximum absolute atomic E-state index is 11.4. The van der Waals surface area contributed by atoms with Crippen molar-refractivity contribution >= 4 is 40.3 Å². The molecule has 0 aliphatic carbocycles. The number of nitrogens with zero attached hydrogens (tertiary/aromatic N) is 2. The highest BCUT2D eigenvalue weighted by Gasteiger charge is 2.25. The minimum absolute atomic E-state index is 0.0790. The number of anilines is 1. The average Bonchev–Trinajstić information content (AvgIpc) is 2.40. The van der Waals surface area contributed by atoms with Crippen LogP contribution >= 0.6 is 23.4 Å². The maximum atomic E-state index is 11.4. The summed E-state index contributed by atoms with van der Waals surface area (Å²) in [6.07, 6.45) is 0. The van der Waals surface area contributed by atoms with Crippen LogP contribution in [-0.2, 0) is 9.53 Å². The zero-order valence-electron chi connectivity index (χ0n) is 11.6. The highest BCUT2D eigenvalue weighted by atomic mass is 35.5. The first-order valence-electron chi connectivity index (χ1n) is 6.36. The fourth-order valence-electron chi connectivity index (χ4n) is 2.09. The fourth-order valence-corrected chi connectivity index (χ4v) is 3.07. The molecule has 1 aliphatic heterocycles. The molecule has 1 aromatic rings. The number of pyridine rings is 1. The molecular weight excluding hydrogens is 316 g/mol. The lowest BCUT2D eigenvalue weighted by molar-refractivity contribution is -0.109. The van der Waals surface area contributed by atoms with E-state index in [2.05, 4.69) is 4.98 Å². The number of hydrogen-bond acceptors (Lipinski definition) is 6. The molecule has 2 rings (SSSR count). The number of rotatable bonds is 3. The molecule has 0 amide bonds. The van der Waals surface area contributed by atoms with Gasteiger partial charge in [0.15, 0.2) is 10.8 Å². The van der Waals surface area contributed by atoms with Crippen molar-refractivity contribution in [2.75, 3.05) is 24.7 Å². The second-order valence-electron chi connectivity index (χ2n) is 4.66. The Morgan fingerprint density at radius 3 is 2.86 bits per heavy atom. The monoisotopic (exact) mass is 330 g/mol. The van der Waals surface area contributed by atoms with Crippen LogP contribution in [0.4, 0.5) is 5.82 Å². The molecule has 6 nitrogen and oxygen atoms in total. The molecule has 8 heteroatoms. The van der Waals surface area contributed by atoms with E-state index in [-0.39, 0.29) is 26.8 Å². The van der Waals surface area contributed by atoms with Gasteiger partial charge in [-0.15, -0.1) is 0 Å². The van der Waals surface area contributed by atoms with Crippen molar-refractivity contribution in [3.63, 3.8) is 0 Å². The van der Waals surface area contributed by atoms with Crippen LogP contribution in [0.1, 0.15) is 24.3 Å². The van der Waals surface area contributed by atoms with Crippen molar-refractivity contribution < 1.29 is 19.4 Å². The van der Waals surface area contributed by atoms with Crippen molar-refractivity contribution in [2.24, 2.45) is 0 Å². The lowest BCUT2D eigenvalue weighted by atomic mass is 10.2. The van der Waals surface area contributed by atoms with Crippen molar-refractivity contribution in [1.82, 2.24) is 4.98 Å². The molecule has 1 N–H and O–H groups in total. The SMILES string of the molecule is CC(=O)Sc1c(Cl)cc(N2CCOC[C@H]2C)nc1C(=O)O. The predicted molar refractivity (Wildman–Crippen MR) is 80.4 cm³/mol. The number of ether oxygens (including phenoxy) is 1. The number of aromatic carboxylic acids is 1. The van der Waals surface area contributed by atoms with E-state index in [0.29, 0.717) is 25.6 Å². The quantitative estimate of drug-likeness (QED) is 0.852. The Morgan fingerprint density at radius 2 is 2.29 bits per heavy atom. The number of carboxylic acids is 1. The van der Waals surface area contributed by atoms with Crippen LogP contribution < -0.4 is 4.90 Å². The van der Waals surface area contributed by atoms with E-state index >= 15 is 0 Å². The number of morpholine rings is 1. The van der Waals surface area contributed by atoms with Crippen LogP contribution in [0.2, 0.25) is 5.02 Å². The Bertz CT molecular complexity index is 582. The van der Waals surface area contributed by atoms with Crippen LogP contribution in [0.25, 0.3) is 0 Å². The molecular formula is C13H15ClN2O4S. The number of carboxylic acid groups (broad SMARTS) is 1. The van der Waals surface area contributed by atoms with Gasteiger partial charge in [-0.05, 0) is 18.7 Å².